The Hall–Kier alpha value is -1.06. The zero-order chi connectivity index (χ0) is 12.8. The molecule has 0 aliphatic carbocycles. The molecule has 1 N–H and O–H groups in total. The van der Waals surface area contributed by atoms with E-state index < -0.39 is 0 Å². The van der Waals surface area contributed by atoms with Gasteiger partial charge in [-0.25, -0.2) is 0 Å². The molecule has 0 aliphatic heterocycles. The number of nitrogens with one attached hydrogen (secondary N) is 1. The third kappa shape index (κ3) is 3.47. The van der Waals surface area contributed by atoms with E-state index in [-0.39, 0.29) is 0 Å². The molecule has 0 saturated heterocycles. The molecule has 2 rings (SSSR count). The summed E-state index contributed by atoms with van der Waals surface area (Å²) in [5.74, 6) is 1.93. The van der Waals surface area contributed by atoms with Gasteiger partial charge in [-0.2, -0.15) is 11.8 Å². The van der Waals surface area contributed by atoms with Crippen molar-refractivity contribution in [2.45, 2.75) is 13.5 Å². The smallest absolute Gasteiger partial charge is 0.0705 e. The van der Waals surface area contributed by atoms with Gasteiger partial charge in [0.05, 0.1) is 5.52 Å². The van der Waals surface area contributed by atoms with Gasteiger partial charge in [0.1, 0.15) is 0 Å². The predicted octanol–water partition coefficient (Wildman–Crippen LogP) is 3.32. The molecular weight excluding hydrogens is 240 g/mol. The zero-order valence-corrected chi connectivity index (χ0v) is 11.8. The van der Waals surface area contributed by atoms with Crippen LogP contribution in [0.4, 0.5) is 0 Å². The largest absolute Gasteiger partial charge is 0.312 e. The number of pyridine rings is 1. The van der Waals surface area contributed by atoms with Crippen LogP contribution in [0.3, 0.4) is 0 Å². The molecule has 2 nitrogen and oxygen atoms in total. The van der Waals surface area contributed by atoms with Gasteiger partial charge in [-0.15, -0.1) is 0 Å². The molecule has 1 atom stereocenters. The van der Waals surface area contributed by atoms with Crippen molar-refractivity contribution in [1.29, 1.82) is 0 Å². The van der Waals surface area contributed by atoms with E-state index in [1.165, 1.54) is 16.7 Å². The Labute approximate surface area is 113 Å². The molecule has 96 valence electrons. The Kier molecular flexibility index (Phi) is 5.02. The van der Waals surface area contributed by atoms with E-state index in [2.05, 4.69) is 47.7 Å². The van der Waals surface area contributed by atoms with Crippen LogP contribution in [0, 0.1) is 5.92 Å². The van der Waals surface area contributed by atoms with E-state index >= 15 is 0 Å². The second kappa shape index (κ2) is 6.76. The van der Waals surface area contributed by atoms with Gasteiger partial charge >= 0.3 is 0 Å². The van der Waals surface area contributed by atoms with Crippen molar-refractivity contribution in [3.8, 4) is 0 Å². The Morgan fingerprint density at radius 1 is 1.28 bits per heavy atom. The third-order valence-electron chi connectivity index (χ3n) is 3.00. The quantitative estimate of drug-likeness (QED) is 0.862. The number of para-hydroxylation sites is 1. The summed E-state index contributed by atoms with van der Waals surface area (Å²) in [6.07, 6.45) is 4.05. The summed E-state index contributed by atoms with van der Waals surface area (Å²) in [5, 5.41) is 4.79. The first-order valence-electron chi connectivity index (χ1n) is 6.33. The van der Waals surface area contributed by atoms with Crippen LogP contribution in [0.15, 0.2) is 36.5 Å². The maximum atomic E-state index is 4.38. The number of benzene rings is 1. The molecule has 18 heavy (non-hydrogen) atoms. The lowest BCUT2D eigenvalue weighted by Crippen LogP contribution is -2.22. The summed E-state index contributed by atoms with van der Waals surface area (Å²) in [4.78, 5) is 4.38. The summed E-state index contributed by atoms with van der Waals surface area (Å²) >= 11 is 1.91. The topological polar surface area (TPSA) is 24.9 Å². The number of hydrogen-bond donors (Lipinski definition) is 1. The molecule has 0 amide bonds. The molecule has 1 heterocycles. The maximum Gasteiger partial charge on any atom is 0.0705 e. The molecule has 3 heteroatoms. The first kappa shape index (κ1) is 13.4. The van der Waals surface area contributed by atoms with Gasteiger partial charge < -0.3 is 5.32 Å². The highest BCUT2D eigenvalue weighted by molar-refractivity contribution is 7.98. The van der Waals surface area contributed by atoms with Crippen molar-refractivity contribution in [2.75, 3.05) is 18.6 Å². The lowest BCUT2D eigenvalue weighted by atomic mass is 10.1. The van der Waals surface area contributed by atoms with E-state index in [9.17, 15) is 0 Å². The molecule has 1 unspecified atom stereocenters. The third-order valence-corrected chi connectivity index (χ3v) is 3.90. The van der Waals surface area contributed by atoms with Crippen molar-refractivity contribution in [3.63, 3.8) is 0 Å². The van der Waals surface area contributed by atoms with Gasteiger partial charge in [0, 0.05) is 18.1 Å². The monoisotopic (exact) mass is 260 g/mol. The second-order valence-electron chi connectivity index (χ2n) is 4.68. The van der Waals surface area contributed by atoms with Gasteiger partial charge in [0.15, 0.2) is 0 Å². The molecule has 0 bridgehead atoms. The van der Waals surface area contributed by atoms with Gasteiger partial charge in [0.2, 0.25) is 0 Å². The van der Waals surface area contributed by atoms with Crippen molar-refractivity contribution in [2.24, 2.45) is 5.92 Å². The molecule has 0 aliphatic rings. The second-order valence-corrected chi connectivity index (χ2v) is 5.59. The average molecular weight is 260 g/mol. The summed E-state index contributed by atoms with van der Waals surface area (Å²) in [5.41, 5.74) is 2.41. The number of aromatic nitrogens is 1. The Bertz CT molecular complexity index is 493. The number of hydrogen-bond acceptors (Lipinski definition) is 3. The van der Waals surface area contributed by atoms with Crippen LogP contribution in [-0.4, -0.2) is 23.5 Å². The van der Waals surface area contributed by atoms with Crippen LogP contribution < -0.4 is 5.32 Å². The standard InChI is InChI=1S/C15H20N2S/c1-12(11-18-2)9-16-10-13-7-8-17-15-6-4-3-5-14(13)15/h3-8,12,16H,9-11H2,1-2H3. The summed E-state index contributed by atoms with van der Waals surface area (Å²) in [7, 11) is 0. The molecule has 1 aromatic heterocycles. The van der Waals surface area contributed by atoms with Crippen molar-refractivity contribution in [3.05, 3.63) is 42.1 Å². The lowest BCUT2D eigenvalue weighted by molar-refractivity contribution is 0.560. The zero-order valence-electron chi connectivity index (χ0n) is 11.0. The SMILES string of the molecule is CSCC(C)CNCc1ccnc2ccccc12. The van der Waals surface area contributed by atoms with Crippen molar-refractivity contribution < 1.29 is 0 Å². The molecule has 0 saturated carbocycles. The summed E-state index contributed by atoms with van der Waals surface area (Å²) in [6, 6.07) is 10.4. The lowest BCUT2D eigenvalue weighted by Gasteiger charge is -2.12. The Morgan fingerprint density at radius 2 is 2.11 bits per heavy atom. The summed E-state index contributed by atoms with van der Waals surface area (Å²) in [6.45, 7) is 4.27. The fraction of sp³-hybridized carbons (Fsp3) is 0.400. The van der Waals surface area contributed by atoms with E-state index in [0.717, 1.165) is 18.6 Å². The highest BCUT2D eigenvalue weighted by atomic mass is 32.2. The summed E-state index contributed by atoms with van der Waals surface area (Å²) < 4.78 is 0. The first-order valence-corrected chi connectivity index (χ1v) is 7.73. The highest BCUT2D eigenvalue weighted by Gasteiger charge is 2.03. The van der Waals surface area contributed by atoms with E-state index in [1.807, 2.05) is 24.0 Å². The van der Waals surface area contributed by atoms with Gasteiger partial charge in [0.25, 0.3) is 0 Å². The molecule has 0 radical (unpaired) electrons. The average Bonchev–Trinajstić information content (AvgIpc) is 2.39. The number of fused-ring (bicyclic) bond motifs is 1. The fourth-order valence-corrected chi connectivity index (χ4v) is 2.79. The van der Waals surface area contributed by atoms with Gasteiger partial charge in [-0.3, -0.25) is 4.98 Å². The van der Waals surface area contributed by atoms with Crippen LogP contribution >= 0.6 is 11.8 Å². The van der Waals surface area contributed by atoms with Crippen LogP contribution in [0.25, 0.3) is 10.9 Å². The molecule has 0 spiro atoms. The van der Waals surface area contributed by atoms with Crippen LogP contribution in [0.1, 0.15) is 12.5 Å². The van der Waals surface area contributed by atoms with Crippen LogP contribution in [0.2, 0.25) is 0 Å². The van der Waals surface area contributed by atoms with Crippen molar-refractivity contribution >= 4 is 22.7 Å². The van der Waals surface area contributed by atoms with E-state index in [4.69, 9.17) is 0 Å². The minimum Gasteiger partial charge on any atom is -0.312 e. The molecule has 1 aromatic carbocycles. The molecule has 2 aromatic rings. The van der Waals surface area contributed by atoms with Crippen LogP contribution in [0.5, 0.6) is 0 Å². The number of rotatable bonds is 6. The van der Waals surface area contributed by atoms with Gasteiger partial charge in [-0.05, 0) is 42.2 Å². The maximum absolute atomic E-state index is 4.38. The van der Waals surface area contributed by atoms with E-state index in [0.29, 0.717) is 5.92 Å². The minimum absolute atomic E-state index is 0.716. The number of nitrogens with zero attached hydrogens (tertiary/aromatic N) is 1. The number of thioether (sulfide) groups is 1. The predicted molar refractivity (Wildman–Crippen MR) is 81.0 cm³/mol. The van der Waals surface area contributed by atoms with E-state index in [1.54, 1.807) is 0 Å². The molecular formula is C15H20N2S. The first-order chi connectivity index (χ1) is 8.81. The van der Waals surface area contributed by atoms with Crippen LogP contribution in [-0.2, 0) is 6.54 Å². The Balaban J connectivity index is 1.99. The molecule has 0 fully saturated rings. The normalized spacial score (nSPS) is 12.8. The van der Waals surface area contributed by atoms with Crippen molar-refractivity contribution in [1.82, 2.24) is 10.3 Å². The minimum atomic E-state index is 0.716. The Morgan fingerprint density at radius 3 is 2.94 bits per heavy atom. The fourth-order valence-electron chi connectivity index (χ4n) is 2.11. The highest BCUT2D eigenvalue weighted by Crippen LogP contribution is 2.15. The van der Waals surface area contributed by atoms with Gasteiger partial charge in [-0.1, -0.05) is 25.1 Å².